The second kappa shape index (κ2) is 11.1. The predicted molar refractivity (Wildman–Crippen MR) is 105 cm³/mol. The molecule has 0 aromatic heterocycles. The maximum Gasteiger partial charge on any atom is 0.220 e. The molecule has 0 aromatic carbocycles. The van der Waals surface area contributed by atoms with Crippen LogP contribution in [0, 0.1) is 5.92 Å². The molecule has 0 bridgehead atoms. The van der Waals surface area contributed by atoms with E-state index >= 15 is 0 Å². The second-order valence-corrected chi connectivity index (χ2v) is 7.91. The normalized spacial score (nSPS) is 30.4. The molecule has 0 spiro atoms. The molecule has 3 rings (SSSR count). The molecular weight excluding hydrogens is 369 g/mol. The quantitative estimate of drug-likeness (QED) is 0.709. The van der Waals surface area contributed by atoms with Crippen molar-refractivity contribution in [1.29, 1.82) is 0 Å². The van der Waals surface area contributed by atoms with Crippen molar-refractivity contribution in [3.8, 4) is 0 Å². The van der Waals surface area contributed by atoms with Gasteiger partial charge in [-0.2, -0.15) is 11.8 Å². The van der Waals surface area contributed by atoms with Crippen LogP contribution < -0.4 is 10.6 Å². The fourth-order valence-electron chi connectivity index (χ4n) is 3.78. The molecule has 142 valence electrons. The largest absolute Gasteiger partial charge is 0.379 e. The second-order valence-electron chi connectivity index (χ2n) is 6.80. The first kappa shape index (κ1) is 22.3. The summed E-state index contributed by atoms with van der Waals surface area (Å²) in [4.78, 5) is 14.8. The van der Waals surface area contributed by atoms with Crippen molar-refractivity contribution in [2.45, 2.75) is 31.2 Å². The van der Waals surface area contributed by atoms with E-state index < -0.39 is 0 Å². The molecule has 8 heteroatoms. The highest BCUT2D eigenvalue weighted by molar-refractivity contribution is 7.99. The fourth-order valence-corrected chi connectivity index (χ4v) is 5.26. The monoisotopic (exact) mass is 399 g/mol. The van der Waals surface area contributed by atoms with Gasteiger partial charge in [0.15, 0.2) is 0 Å². The first-order valence-electron chi connectivity index (χ1n) is 8.66. The van der Waals surface area contributed by atoms with Crippen LogP contribution in [0.5, 0.6) is 0 Å². The topological polar surface area (TPSA) is 53.6 Å². The lowest BCUT2D eigenvalue weighted by atomic mass is 9.95. The minimum Gasteiger partial charge on any atom is -0.379 e. The average Bonchev–Trinajstić information content (AvgIpc) is 3.24. The zero-order valence-corrected chi connectivity index (χ0v) is 16.7. The smallest absolute Gasteiger partial charge is 0.220 e. The lowest BCUT2D eigenvalue weighted by Crippen LogP contribution is -2.59. The van der Waals surface area contributed by atoms with E-state index in [0.29, 0.717) is 12.3 Å². The molecule has 3 aliphatic heterocycles. The summed E-state index contributed by atoms with van der Waals surface area (Å²) in [6.07, 6.45) is 4.11. The van der Waals surface area contributed by atoms with Gasteiger partial charge in [0.25, 0.3) is 0 Å². The van der Waals surface area contributed by atoms with E-state index in [0.717, 1.165) is 58.1 Å². The standard InChI is InChI=1S/C16H29N3O2S.2ClH/c20-15(2-1-14-3-5-17-11-14)18-12-16(4-10-22-13-16)19-6-8-21-9-7-19;;/h14,17H,1-13H2,(H,18,20);2*1H. The van der Waals surface area contributed by atoms with E-state index in [1.807, 2.05) is 11.8 Å². The fraction of sp³-hybridized carbons (Fsp3) is 0.938. The number of hydrogen-bond donors (Lipinski definition) is 2. The Kier molecular flexibility index (Phi) is 10.3. The Labute approximate surface area is 162 Å². The number of thioether (sulfide) groups is 1. The number of hydrogen-bond acceptors (Lipinski definition) is 5. The summed E-state index contributed by atoms with van der Waals surface area (Å²) < 4.78 is 5.48. The molecular formula is C16H31Cl2N3O2S. The van der Waals surface area contributed by atoms with E-state index in [1.165, 1.54) is 18.6 Å². The van der Waals surface area contributed by atoms with Gasteiger partial charge < -0.3 is 15.4 Å². The Bertz CT molecular complexity index is 372. The number of nitrogens with one attached hydrogen (secondary N) is 2. The van der Waals surface area contributed by atoms with Crippen molar-refractivity contribution < 1.29 is 9.53 Å². The molecule has 24 heavy (non-hydrogen) atoms. The molecule has 1 amide bonds. The van der Waals surface area contributed by atoms with Crippen LogP contribution in [0.25, 0.3) is 0 Å². The lowest BCUT2D eigenvalue weighted by Gasteiger charge is -2.43. The summed E-state index contributed by atoms with van der Waals surface area (Å²) in [7, 11) is 0. The molecule has 3 fully saturated rings. The maximum atomic E-state index is 12.2. The SMILES string of the molecule is Cl.Cl.O=C(CCC1CCNC1)NCC1(N2CCOCC2)CCSC1. The molecule has 3 saturated heterocycles. The zero-order chi connectivity index (χ0) is 15.3. The Balaban J connectivity index is 0.00000144. The van der Waals surface area contributed by atoms with Gasteiger partial charge in [-0.3, -0.25) is 9.69 Å². The van der Waals surface area contributed by atoms with Crippen molar-refractivity contribution >= 4 is 42.5 Å². The van der Waals surface area contributed by atoms with E-state index in [9.17, 15) is 4.79 Å². The minimum absolute atomic E-state index is 0. The number of halogens is 2. The van der Waals surface area contributed by atoms with E-state index in [2.05, 4.69) is 15.5 Å². The van der Waals surface area contributed by atoms with Gasteiger partial charge >= 0.3 is 0 Å². The van der Waals surface area contributed by atoms with Gasteiger partial charge in [-0.1, -0.05) is 0 Å². The highest BCUT2D eigenvalue weighted by atomic mass is 35.5. The van der Waals surface area contributed by atoms with Gasteiger partial charge in [-0.15, -0.1) is 24.8 Å². The number of morpholine rings is 1. The number of carbonyl (C=O) groups excluding carboxylic acids is 1. The van der Waals surface area contributed by atoms with Crippen LogP contribution in [-0.4, -0.2) is 73.8 Å². The van der Waals surface area contributed by atoms with Crippen LogP contribution in [-0.2, 0) is 9.53 Å². The lowest BCUT2D eigenvalue weighted by molar-refractivity contribution is -0.122. The Hall–Kier alpha value is 0.280. The predicted octanol–water partition coefficient (Wildman–Crippen LogP) is 1.54. The van der Waals surface area contributed by atoms with Crippen LogP contribution in [0.15, 0.2) is 0 Å². The van der Waals surface area contributed by atoms with Gasteiger partial charge in [0.05, 0.1) is 13.2 Å². The maximum absolute atomic E-state index is 12.2. The Morgan fingerprint density at radius 2 is 2.12 bits per heavy atom. The summed E-state index contributed by atoms with van der Waals surface area (Å²) in [6.45, 7) is 6.67. The molecule has 3 heterocycles. The minimum atomic E-state index is 0. The highest BCUT2D eigenvalue weighted by Crippen LogP contribution is 2.33. The van der Waals surface area contributed by atoms with Crippen LogP contribution in [0.2, 0.25) is 0 Å². The van der Waals surface area contributed by atoms with Crippen molar-refractivity contribution in [2.24, 2.45) is 5.92 Å². The zero-order valence-electron chi connectivity index (χ0n) is 14.3. The molecule has 0 aliphatic carbocycles. The highest BCUT2D eigenvalue weighted by Gasteiger charge is 2.40. The number of rotatable bonds is 6. The van der Waals surface area contributed by atoms with Crippen molar-refractivity contribution in [2.75, 3.05) is 57.4 Å². The molecule has 2 atom stereocenters. The van der Waals surface area contributed by atoms with Crippen molar-refractivity contribution in [1.82, 2.24) is 15.5 Å². The average molecular weight is 400 g/mol. The number of nitrogens with zero attached hydrogens (tertiary/aromatic N) is 1. The molecule has 5 nitrogen and oxygen atoms in total. The van der Waals surface area contributed by atoms with Gasteiger partial charge in [0, 0.05) is 37.3 Å². The van der Waals surface area contributed by atoms with Gasteiger partial charge in [0.1, 0.15) is 0 Å². The van der Waals surface area contributed by atoms with E-state index in [1.54, 1.807) is 0 Å². The van der Waals surface area contributed by atoms with Gasteiger partial charge in [0.2, 0.25) is 5.91 Å². The van der Waals surface area contributed by atoms with Crippen LogP contribution in [0.3, 0.4) is 0 Å². The first-order chi connectivity index (χ1) is 10.8. The summed E-state index contributed by atoms with van der Waals surface area (Å²) in [5.41, 5.74) is 0.166. The van der Waals surface area contributed by atoms with E-state index in [4.69, 9.17) is 4.74 Å². The van der Waals surface area contributed by atoms with Crippen LogP contribution >= 0.6 is 36.6 Å². The summed E-state index contributed by atoms with van der Waals surface area (Å²) in [6, 6.07) is 0. The molecule has 0 saturated carbocycles. The summed E-state index contributed by atoms with van der Waals surface area (Å²) in [5, 5.41) is 6.60. The molecule has 0 aromatic rings. The third-order valence-electron chi connectivity index (χ3n) is 5.32. The number of amides is 1. The molecule has 3 aliphatic rings. The summed E-state index contributed by atoms with van der Waals surface area (Å²) in [5.74, 6) is 3.28. The third-order valence-corrected chi connectivity index (χ3v) is 6.56. The molecule has 0 radical (unpaired) electrons. The van der Waals surface area contributed by atoms with Crippen LogP contribution in [0.4, 0.5) is 0 Å². The third kappa shape index (κ3) is 5.92. The van der Waals surface area contributed by atoms with Crippen LogP contribution in [0.1, 0.15) is 25.7 Å². The summed E-state index contributed by atoms with van der Waals surface area (Å²) >= 11 is 2.02. The van der Waals surface area contributed by atoms with Crippen molar-refractivity contribution in [3.63, 3.8) is 0 Å². The van der Waals surface area contributed by atoms with E-state index in [-0.39, 0.29) is 36.3 Å². The number of carbonyl (C=O) groups is 1. The van der Waals surface area contributed by atoms with Gasteiger partial charge in [-0.05, 0) is 44.0 Å². The first-order valence-corrected chi connectivity index (χ1v) is 9.82. The molecule has 2 N–H and O–H groups in total. The Morgan fingerprint density at radius 1 is 1.33 bits per heavy atom. The number of ether oxygens (including phenoxy) is 1. The van der Waals surface area contributed by atoms with Gasteiger partial charge in [-0.25, -0.2) is 0 Å². The van der Waals surface area contributed by atoms with Crippen molar-refractivity contribution in [3.05, 3.63) is 0 Å². The Morgan fingerprint density at radius 3 is 2.75 bits per heavy atom. The molecule has 2 unspecified atom stereocenters.